The summed E-state index contributed by atoms with van der Waals surface area (Å²) in [5.74, 6) is -0.794. The molecular weight excluding hydrogens is 497 g/mol. The van der Waals surface area contributed by atoms with Crippen LogP contribution in [0.15, 0.2) is 53.6 Å². The number of hydrogen-bond donors (Lipinski definition) is 2. The lowest BCUT2D eigenvalue weighted by atomic mass is 9.90. The average molecular weight is 528 g/mol. The largest absolute Gasteiger partial charge is 0.493 e. The highest BCUT2D eigenvalue weighted by Crippen LogP contribution is 2.40. The first-order valence-corrected chi connectivity index (χ1v) is 13.4. The molecule has 0 aliphatic carbocycles. The van der Waals surface area contributed by atoms with Crippen LogP contribution in [-0.4, -0.2) is 43.0 Å². The summed E-state index contributed by atoms with van der Waals surface area (Å²) in [4.78, 5) is 23.5. The van der Waals surface area contributed by atoms with Crippen molar-refractivity contribution in [1.82, 2.24) is 14.7 Å². The average Bonchev–Trinajstić information content (AvgIpc) is 3.11. The van der Waals surface area contributed by atoms with E-state index in [4.69, 9.17) is 15.5 Å². The highest BCUT2D eigenvalue weighted by Gasteiger charge is 2.41. The van der Waals surface area contributed by atoms with Crippen molar-refractivity contribution in [3.05, 3.63) is 60.0 Å². The van der Waals surface area contributed by atoms with Crippen LogP contribution in [0.4, 0.5) is 16.0 Å². The van der Waals surface area contributed by atoms with Gasteiger partial charge in [0.25, 0.3) is 15.9 Å². The number of pyridine rings is 2. The molecule has 1 unspecified atom stereocenters. The van der Waals surface area contributed by atoms with E-state index in [1.54, 1.807) is 19.1 Å². The maximum Gasteiger partial charge on any atom is 0.268 e. The molecule has 0 radical (unpaired) electrons. The zero-order valence-electron chi connectivity index (χ0n) is 21.2. The Morgan fingerprint density at radius 3 is 2.65 bits per heavy atom. The molecule has 0 bridgehead atoms. The molecule has 1 atom stereocenters. The molecule has 3 aromatic rings. The number of nitrogen functional groups attached to an aromatic ring is 1. The number of rotatable bonds is 7. The standard InChI is InChI=1S/C26H30FN5O4S/c1-5-36-20-9-6-8-18(27)22(20)19-12-11-17(24(30-19)32-15-13-16(2)26(32,3)4)25(33)31-37(34,35)21-10-7-14-29-23(21)28/h6-12,14,16H,5,13,15H2,1-4H3,(H2,28,29)(H,31,33). The third-order valence-corrected chi connectivity index (χ3v) is 8.29. The number of carbonyl (C=O) groups excluding carboxylic acids is 1. The Balaban J connectivity index is 1.83. The molecule has 196 valence electrons. The summed E-state index contributed by atoms with van der Waals surface area (Å²) in [7, 11) is -4.31. The highest BCUT2D eigenvalue weighted by atomic mass is 32.2. The Bertz CT molecular complexity index is 1440. The first kappa shape index (κ1) is 26.3. The molecule has 1 aliphatic heterocycles. The number of aromatic nitrogens is 2. The molecule has 1 amide bonds. The molecule has 11 heteroatoms. The quantitative estimate of drug-likeness (QED) is 0.472. The minimum atomic E-state index is -4.31. The minimum absolute atomic E-state index is 0.0336. The Morgan fingerprint density at radius 1 is 1.24 bits per heavy atom. The lowest BCUT2D eigenvalue weighted by molar-refractivity contribution is 0.0981. The van der Waals surface area contributed by atoms with Crippen molar-refractivity contribution in [3.8, 4) is 17.0 Å². The molecule has 4 rings (SSSR count). The first-order valence-electron chi connectivity index (χ1n) is 12.0. The number of anilines is 2. The van der Waals surface area contributed by atoms with E-state index < -0.39 is 27.3 Å². The summed E-state index contributed by atoms with van der Waals surface area (Å²) in [5.41, 5.74) is 5.80. The Morgan fingerprint density at radius 2 is 2.00 bits per heavy atom. The maximum atomic E-state index is 15.0. The van der Waals surface area contributed by atoms with Gasteiger partial charge in [0, 0.05) is 18.3 Å². The predicted octanol–water partition coefficient (Wildman–Crippen LogP) is 4.01. The fourth-order valence-electron chi connectivity index (χ4n) is 4.47. The van der Waals surface area contributed by atoms with Crippen molar-refractivity contribution < 1.29 is 22.3 Å². The molecule has 1 fully saturated rings. The summed E-state index contributed by atoms with van der Waals surface area (Å²) in [5, 5.41) is 0. The molecule has 1 saturated heterocycles. The molecule has 3 heterocycles. The number of nitrogens with zero attached hydrogens (tertiary/aromatic N) is 3. The number of ether oxygens (including phenoxy) is 1. The van der Waals surface area contributed by atoms with Crippen molar-refractivity contribution in [2.24, 2.45) is 5.92 Å². The summed E-state index contributed by atoms with van der Waals surface area (Å²) < 4.78 is 48.6. The van der Waals surface area contributed by atoms with E-state index in [2.05, 4.69) is 16.6 Å². The highest BCUT2D eigenvalue weighted by molar-refractivity contribution is 7.90. The summed E-state index contributed by atoms with van der Waals surface area (Å²) in [6, 6.07) is 10.1. The fourth-order valence-corrected chi connectivity index (χ4v) is 5.52. The monoisotopic (exact) mass is 527 g/mol. The lowest BCUT2D eigenvalue weighted by Crippen LogP contribution is -2.43. The van der Waals surface area contributed by atoms with Crippen LogP contribution in [0, 0.1) is 11.7 Å². The normalized spacial score (nSPS) is 17.0. The molecule has 0 saturated carbocycles. The van der Waals surface area contributed by atoms with E-state index in [9.17, 15) is 17.6 Å². The Kier molecular flexibility index (Phi) is 7.09. The smallest absolute Gasteiger partial charge is 0.268 e. The Labute approximate surface area is 215 Å². The molecule has 37 heavy (non-hydrogen) atoms. The Hall–Kier alpha value is -3.73. The van der Waals surface area contributed by atoms with Gasteiger partial charge in [-0.1, -0.05) is 13.0 Å². The zero-order chi connectivity index (χ0) is 27.0. The predicted molar refractivity (Wildman–Crippen MR) is 139 cm³/mol. The molecule has 1 aromatic carbocycles. The van der Waals surface area contributed by atoms with Gasteiger partial charge in [0.1, 0.15) is 28.1 Å². The van der Waals surface area contributed by atoms with Crippen LogP contribution in [0.2, 0.25) is 0 Å². The number of nitrogens with two attached hydrogens (primary N) is 1. The van der Waals surface area contributed by atoms with Gasteiger partial charge in [-0.05, 0) is 69.5 Å². The van der Waals surface area contributed by atoms with Crippen LogP contribution >= 0.6 is 0 Å². The summed E-state index contributed by atoms with van der Waals surface area (Å²) >= 11 is 0. The SMILES string of the molecule is CCOc1cccc(F)c1-c1ccc(C(=O)NS(=O)(=O)c2cccnc2N)c(N2CCC(C)C2(C)C)n1. The van der Waals surface area contributed by atoms with Gasteiger partial charge in [0.15, 0.2) is 0 Å². The van der Waals surface area contributed by atoms with Crippen molar-refractivity contribution in [1.29, 1.82) is 0 Å². The molecule has 3 N–H and O–H groups in total. The van der Waals surface area contributed by atoms with Crippen LogP contribution in [0.3, 0.4) is 0 Å². The van der Waals surface area contributed by atoms with Gasteiger partial charge in [-0.3, -0.25) is 4.79 Å². The molecule has 2 aromatic heterocycles. The van der Waals surface area contributed by atoms with Gasteiger partial charge in [0.05, 0.1) is 23.4 Å². The first-order chi connectivity index (χ1) is 17.5. The van der Waals surface area contributed by atoms with Gasteiger partial charge in [-0.2, -0.15) is 0 Å². The third kappa shape index (κ3) is 4.95. The van der Waals surface area contributed by atoms with Crippen molar-refractivity contribution in [3.63, 3.8) is 0 Å². The van der Waals surface area contributed by atoms with Gasteiger partial charge in [-0.15, -0.1) is 0 Å². The number of nitrogens with one attached hydrogen (secondary N) is 1. The molecule has 1 aliphatic rings. The third-order valence-electron chi connectivity index (χ3n) is 6.91. The van der Waals surface area contributed by atoms with E-state index in [0.717, 1.165) is 6.42 Å². The van der Waals surface area contributed by atoms with Crippen LogP contribution in [0.5, 0.6) is 5.75 Å². The van der Waals surface area contributed by atoms with Crippen molar-refractivity contribution in [2.45, 2.75) is 44.6 Å². The second-order valence-electron chi connectivity index (χ2n) is 9.43. The van der Waals surface area contributed by atoms with E-state index in [0.29, 0.717) is 18.9 Å². The van der Waals surface area contributed by atoms with Gasteiger partial charge < -0.3 is 15.4 Å². The lowest BCUT2D eigenvalue weighted by Gasteiger charge is -2.36. The number of benzene rings is 1. The maximum absolute atomic E-state index is 15.0. The number of carbonyl (C=O) groups is 1. The zero-order valence-corrected chi connectivity index (χ0v) is 22.0. The fraction of sp³-hybridized carbons (Fsp3) is 0.346. The topological polar surface area (TPSA) is 128 Å². The minimum Gasteiger partial charge on any atom is -0.493 e. The van der Waals surface area contributed by atoms with Crippen LogP contribution in [0.1, 0.15) is 44.5 Å². The van der Waals surface area contributed by atoms with E-state index >= 15 is 0 Å². The van der Waals surface area contributed by atoms with Gasteiger partial charge in [0.2, 0.25) is 0 Å². The van der Waals surface area contributed by atoms with Crippen molar-refractivity contribution in [2.75, 3.05) is 23.8 Å². The molecular formula is C26H30FN5O4S. The second-order valence-corrected chi connectivity index (χ2v) is 11.1. The number of hydrogen-bond acceptors (Lipinski definition) is 8. The van der Waals surface area contributed by atoms with Crippen molar-refractivity contribution >= 4 is 27.6 Å². The van der Waals surface area contributed by atoms with Gasteiger partial charge >= 0.3 is 0 Å². The number of halogens is 1. The second kappa shape index (κ2) is 9.97. The van der Waals surface area contributed by atoms with Crippen LogP contribution < -0.4 is 20.1 Å². The number of amides is 1. The summed E-state index contributed by atoms with van der Waals surface area (Å²) in [6.07, 6.45) is 2.20. The summed E-state index contributed by atoms with van der Waals surface area (Å²) in [6.45, 7) is 8.87. The van der Waals surface area contributed by atoms with Gasteiger partial charge in [-0.25, -0.2) is 27.5 Å². The van der Waals surface area contributed by atoms with E-state index in [1.165, 1.54) is 36.5 Å². The molecule has 9 nitrogen and oxygen atoms in total. The van der Waals surface area contributed by atoms with Crippen LogP contribution in [-0.2, 0) is 10.0 Å². The van der Waals surface area contributed by atoms with E-state index in [1.807, 2.05) is 18.7 Å². The molecule has 0 spiro atoms. The van der Waals surface area contributed by atoms with Crippen LogP contribution in [0.25, 0.3) is 11.3 Å². The number of sulfonamides is 1. The van der Waals surface area contributed by atoms with E-state index in [-0.39, 0.29) is 39.3 Å².